The molecular weight excluding hydrogens is 402 g/mol. The molecule has 9 heteroatoms. The van der Waals surface area contributed by atoms with Crippen molar-refractivity contribution in [1.82, 2.24) is 24.8 Å². The average Bonchev–Trinajstić information content (AvgIpc) is 3.10. The van der Waals surface area contributed by atoms with Gasteiger partial charge in [-0.15, -0.1) is 11.3 Å². The molecule has 1 saturated heterocycles. The van der Waals surface area contributed by atoms with Crippen molar-refractivity contribution in [2.45, 2.75) is 57.8 Å². The molecule has 2 fully saturated rings. The van der Waals surface area contributed by atoms with E-state index in [9.17, 15) is 9.90 Å². The number of carbonyl (C=O) groups excluding carboxylic acids is 1. The van der Waals surface area contributed by atoms with E-state index < -0.39 is 5.60 Å². The number of pyridine rings is 1. The van der Waals surface area contributed by atoms with E-state index in [1.165, 1.54) is 11.3 Å². The number of amides is 1. The van der Waals surface area contributed by atoms with Gasteiger partial charge in [-0.25, -0.2) is 15.0 Å². The molecule has 2 atom stereocenters. The summed E-state index contributed by atoms with van der Waals surface area (Å²) in [5.74, 6) is 0.714. The summed E-state index contributed by atoms with van der Waals surface area (Å²) >= 11 is 1.41. The minimum absolute atomic E-state index is 0.0640. The minimum atomic E-state index is -1.00. The third-order valence-corrected chi connectivity index (χ3v) is 7.04. The fraction of sp³-hybridized carbons (Fsp3) is 0.524. The van der Waals surface area contributed by atoms with E-state index in [-0.39, 0.29) is 17.9 Å². The molecule has 158 valence electrons. The number of aromatic nitrogens is 4. The van der Waals surface area contributed by atoms with Gasteiger partial charge in [-0.2, -0.15) is 0 Å². The first-order chi connectivity index (χ1) is 14.3. The Bertz CT molecular complexity index is 1110. The first-order valence-corrected chi connectivity index (χ1v) is 11.1. The third-order valence-electron chi connectivity index (χ3n) is 5.71. The van der Waals surface area contributed by atoms with Gasteiger partial charge in [0.05, 0.1) is 22.4 Å². The molecule has 2 aliphatic rings. The summed E-state index contributed by atoms with van der Waals surface area (Å²) in [6.45, 7) is 6.05. The van der Waals surface area contributed by atoms with Gasteiger partial charge in [0.1, 0.15) is 22.2 Å². The van der Waals surface area contributed by atoms with Crippen molar-refractivity contribution in [2.24, 2.45) is 5.92 Å². The van der Waals surface area contributed by atoms with Crippen molar-refractivity contribution < 1.29 is 14.6 Å². The molecular formula is C21H25N5O3S. The number of thiazole rings is 1. The highest BCUT2D eigenvalue weighted by Gasteiger charge is 2.31. The lowest BCUT2D eigenvalue weighted by Crippen LogP contribution is -2.26. The van der Waals surface area contributed by atoms with Gasteiger partial charge in [0.25, 0.3) is 0 Å². The molecule has 0 spiro atoms. The van der Waals surface area contributed by atoms with E-state index in [1.54, 1.807) is 20.0 Å². The highest BCUT2D eigenvalue weighted by Crippen LogP contribution is 2.41. The Morgan fingerprint density at radius 3 is 2.80 bits per heavy atom. The van der Waals surface area contributed by atoms with Crippen molar-refractivity contribution >= 4 is 28.3 Å². The van der Waals surface area contributed by atoms with Crippen LogP contribution in [0.3, 0.4) is 0 Å². The zero-order valence-corrected chi connectivity index (χ0v) is 18.1. The van der Waals surface area contributed by atoms with Crippen LogP contribution in [-0.4, -0.2) is 43.2 Å². The molecule has 8 nitrogen and oxygen atoms in total. The van der Waals surface area contributed by atoms with Crippen molar-refractivity contribution in [3.8, 4) is 16.5 Å². The van der Waals surface area contributed by atoms with Gasteiger partial charge in [0.2, 0.25) is 11.8 Å². The normalized spacial score (nSPS) is 20.5. The Hall–Kier alpha value is -2.52. The van der Waals surface area contributed by atoms with Gasteiger partial charge in [-0.05, 0) is 39.7 Å². The lowest BCUT2D eigenvalue weighted by molar-refractivity contribution is -0.119. The second-order valence-electron chi connectivity index (χ2n) is 8.74. The Balaban J connectivity index is 1.55. The van der Waals surface area contributed by atoms with Crippen LogP contribution in [0.25, 0.3) is 21.6 Å². The van der Waals surface area contributed by atoms with E-state index in [4.69, 9.17) is 9.72 Å². The van der Waals surface area contributed by atoms with Gasteiger partial charge in [0.15, 0.2) is 0 Å². The molecule has 2 N–H and O–H groups in total. The lowest BCUT2D eigenvalue weighted by Gasteiger charge is -2.20. The zero-order chi connectivity index (χ0) is 21.0. The molecule has 3 aromatic rings. The number of aliphatic hydroxyl groups is 1. The van der Waals surface area contributed by atoms with Gasteiger partial charge >= 0.3 is 0 Å². The van der Waals surface area contributed by atoms with Gasteiger partial charge in [-0.1, -0.05) is 0 Å². The van der Waals surface area contributed by atoms with Crippen LogP contribution < -0.4 is 10.1 Å². The summed E-state index contributed by atoms with van der Waals surface area (Å²) in [5, 5.41) is 13.8. The van der Waals surface area contributed by atoms with Gasteiger partial charge < -0.3 is 19.7 Å². The number of ether oxygens (including phenoxy) is 1. The predicted molar refractivity (Wildman–Crippen MR) is 113 cm³/mol. The molecule has 0 bridgehead atoms. The number of carbonyl (C=O) groups is 1. The first kappa shape index (κ1) is 19.4. The minimum Gasteiger partial charge on any atom is -0.473 e. The van der Waals surface area contributed by atoms with Crippen LogP contribution in [0.4, 0.5) is 0 Å². The van der Waals surface area contributed by atoms with Crippen LogP contribution in [0.5, 0.6) is 5.88 Å². The van der Waals surface area contributed by atoms with Crippen LogP contribution in [0, 0.1) is 5.92 Å². The van der Waals surface area contributed by atoms with Crippen LogP contribution in [-0.2, 0) is 10.4 Å². The summed E-state index contributed by atoms with van der Waals surface area (Å²) in [6, 6.07) is 2.40. The number of rotatable bonds is 6. The van der Waals surface area contributed by atoms with Crippen LogP contribution >= 0.6 is 11.3 Å². The molecule has 0 aromatic carbocycles. The monoisotopic (exact) mass is 427 g/mol. The maximum atomic E-state index is 11.6. The summed E-state index contributed by atoms with van der Waals surface area (Å²) in [6.07, 6.45) is 6.17. The number of imidazole rings is 1. The highest BCUT2D eigenvalue weighted by atomic mass is 32.1. The predicted octanol–water partition coefficient (Wildman–Crippen LogP) is 3.02. The standard InChI is InChI=1S/C21H25N5O3S/c1-11(12-6-17(27)22-8-12)29-19-18-15(24-10-26(18)13-4-5-13)7-14(25-19)16-9-23-20(30-16)21(2,3)28/h7,9-13,28H,4-6,8H2,1-3H3,(H,22,27)/t11-,12-/m1/s1. The second-order valence-corrected chi connectivity index (χ2v) is 9.77. The SMILES string of the molecule is C[C@@H](Oc1nc(-c2cnc(C(C)(C)O)s2)cc2ncn(C3CC3)c12)[C@H]1CNC(=O)C1. The fourth-order valence-electron chi connectivity index (χ4n) is 3.77. The number of hydrogen-bond donors (Lipinski definition) is 2. The largest absolute Gasteiger partial charge is 0.473 e. The molecule has 4 heterocycles. The maximum absolute atomic E-state index is 11.6. The number of fused-ring (bicyclic) bond motifs is 1. The summed E-state index contributed by atoms with van der Waals surface area (Å²) in [7, 11) is 0. The molecule has 1 amide bonds. The van der Waals surface area contributed by atoms with Crippen LogP contribution in [0.1, 0.15) is 51.1 Å². The molecule has 0 radical (unpaired) electrons. The molecule has 1 aliphatic carbocycles. The van der Waals surface area contributed by atoms with Crippen LogP contribution in [0.2, 0.25) is 0 Å². The average molecular weight is 428 g/mol. The number of nitrogens with zero attached hydrogens (tertiary/aromatic N) is 4. The third kappa shape index (κ3) is 3.56. The topological polar surface area (TPSA) is 102 Å². The van der Waals surface area contributed by atoms with Crippen molar-refractivity contribution in [3.05, 3.63) is 23.6 Å². The molecule has 3 aromatic heterocycles. The van der Waals surface area contributed by atoms with Crippen molar-refractivity contribution in [1.29, 1.82) is 0 Å². The number of nitrogens with one attached hydrogen (secondary N) is 1. The smallest absolute Gasteiger partial charge is 0.241 e. The number of hydrogen-bond acceptors (Lipinski definition) is 7. The Morgan fingerprint density at radius 1 is 1.37 bits per heavy atom. The lowest BCUT2D eigenvalue weighted by atomic mass is 10.0. The van der Waals surface area contributed by atoms with Gasteiger partial charge in [-0.3, -0.25) is 4.79 Å². The van der Waals surface area contributed by atoms with E-state index in [2.05, 4.69) is 19.9 Å². The van der Waals surface area contributed by atoms with E-state index >= 15 is 0 Å². The molecule has 1 saturated carbocycles. The molecule has 0 unspecified atom stereocenters. The first-order valence-electron chi connectivity index (χ1n) is 10.3. The maximum Gasteiger partial charge on any atom is 0.241 e. The van der Waals surface area contributed by atoms with E-state index in [0.717, 1.165) is 34.4 Å². The Morgan fingerprint density at radius 2 is 2.17 bits per heavy atom. The highest BCUT2D eigenvalue weighted by molar-refractivity contribution is 7.15. The fourth-order valence-corrected chi connectivity index (χ4v) is 4.65. The summed E-state index contributed by atoms with van der Waals surface area (Å²) in [4.78, 5) is 26.3. The van der Waals surface area contributed by atoms with Crippen molar-refractivity contribution in [2.75, 3.05) is 6.54 Å². The zero-order valence-electron chi connectivity index (χ0n) is 17.3. The quantitative estimate of drug-likeness (QED) is 0.627. The summed E-state index contributed by atoms with van der Waals surface area (Å²) in [5.41, 5.74) is 1.45. The summed E-state index contributed by atoms with van der Waals surface area (Å²) < 4.78 is 8.50. The second kappa shape index (κ2) is 7.02. The Kier molecular flexibility index (Phi) is 4.55. The molecule has 5 rings (SSSR count). The van der Waals surface area contributed by atoms with Crippen molar-refractivity contribution in [3.63, 3.8) is 0 Å². The van der Waals surface area contributed by atoms with Gasteiger partial charge in [0, 0.05) is 31.1 Å². The molecule has 1 aliphatic heterocycles. The van der Waals surface area contributed by atoms with E-state index in [1.807, 2.05) is 19.3 Å². The Labute approximate surface area is 178 Å². The molecule has 30 heavy (non-hydrogen) atoms. The van der Waals surface area contributed by atoms with Crippen LogP contribution in [0.15, 0.2) is 18.6 Å². The van der Waals surface area contributed by atoms with E-state index in [0.29, 0.717) is 29.9 Å².